The molecule has 0 N–H and O–H groups in total. The molecule has 0 aromatic carbocycles. The van der Waals surface area contributed by atoms with E-state index in [0.29, 0.717) is 11.6 Å². The maximum Gasteiger partial charge on any atom is 0.214 e. The first-order valence-electron chi connectivity index (χ1n) is 3.41. The standard InChI is InChI=1S/C7H16O2Si/c1-5-6-8-9-10-7(2,3)4/h5H,1,6,10H2,2-4H3. The Labute approximate surface area is 65.1 Å². The Kier molecular flexibility index (Phi) is 4.60. The maximum atomic E-state index is 5.01. The molecule has 0 saturated carbocycles. The smallest absolute Gasteiger partial charge is 0.214 e. The van der Waals surface area contributed by atoms with Crippen molar-refractivity contribution in [3.05, 3.63) is 12.7 Å². The van der Waals surface area contributed by atoms with Crippen molar-refractivity contribution in [2.75, 3.05) is 6.61 Å². The summed E-state index contributed by atoms with van der Waals surface area (Å²) in [4.78, 5) is 4.80. The third kappa shape index (κ3) is 7.88. The van der Waals surface area contributed by atoms with Gasteiger partial charge in [-0.15, -0.1) is 6.58 Å². The maximum absolute atomic E-state index is 5.01. The molecule has 2 nitrogen and oxygen atoms in total. The van der Waals surface area contributed by atoms with Gasteiger partial charge in [0.2, 0.25) is 9.76 Å². The van der Waals surface area contributed by atoms with Gasteiger partial charge >= 0.3 is 0 Å². The van der Waals surface area contributed by atoms with Gasteiger partial charge in [0, 0.05) is 0 Å². The van der Waals surface area contributed by atoms with Crippen LogP contribution in [0.2, 0.25) is 5.04 Å². The zero-order valence-corrected chi connectivity index (χ0v) is 8.43. The van der Waals surface area contributed by atoms with Crippen LogP contribution in [0.5, 0.6) is 0 Å². The molecular formula is C7H16O2Si. The fraction of sp³-hybridized carbons (Fsp3) is 0.714. The highest BCUT2D eigenvalue weighted by molar-refractivity contribution is 6.31. The highest BCUT2D eigenvalue weighted by Crippen LogP contribution is 2.19. The lowest BCUT2D eigenvalue weighted by Gasteiger charge is -2.15. The van der Waals surface area contributed by atoms with E-state index in [1.54, 1.807) is 6.08 Å². The molecule has 0 spiro atoms. The molecule has 0 aliphatic heterocycles. The molecule has 0 saturated heterocycles. The zero-order chi connectivity index (χ0) is 8.04. The molecule has 0 aliphatic rings. The topological polar surface area (TPSA) is 18.5 Å². The molecule has 0 fully saturated rings. The van der Waals surface area contributed by atoms with Crippen LogP contribution in [0.15, 0.2) is 12.7 Å². The Morgan fingerprint density at radius 1 is 1.50 bits per heavy atom. The highest BCUT2D eigenvalue weighted by Gasteiger charge is 2.11. The number of hydrogen-bond donors (Lipinski definition) is 0. The van der Waals surface area contributed by atoms with Crippen LogP contribution in [-0.2, 0) is 9.46 Å². The predicted octanol–water partition coefficient (Wildman–Crippen LogP) is 1.42. The minimum absolute atomic E-state index is 0.307. The van der Waals surface area contributed by atoms with Gasteiger partial charge in [-0.3, -0.25) is 4.58 Å². The molecule has 0 heterocycles. The number of hydrogen-bond acceptors (Lipinski definition) is 2. The highest BCUT2D eigenvalue weighted by atomic mass is 28.2. The first-order valence-corrected chi connectivity index (χ1v) is 4.70. The van der Waals surface area contributed by atoms with E-state index in [0.717, 1.165) is 0 Å². The summed E-state index contributed by atoms with van der Waals surface area (Å²) in [5.74, 6) is 0. The Morgan fingerprint density at radius 2 is 2.10 bits per heavy atom. The Balaban J connectivity index is 3.12. The lowest BCUT2D eigenvalue weighted by Crippen LogP contribution is -2.12. The van der Waals surface area contributed by atoms with Crippen molar-refractivity contribution < 1.29 is 9.46 Å². The van der Waals surface area contributed by atoms with Gasteiger partial charge in [-0.05, 0) is 5.04 Å². The molecular weight excluding hydrogens is 144 g/mol. The first-order chi connectivity index (χ1) is 4.56. The Bertz CT molecular complexity index is 96.3. The van der Waals surface area contributed by atoms with Gasteiger partial charge in [0.05, 0.1) is 6.61 Å². The Hall–Kier alpha value is -0.123. The van der Waals surface area contributed by atoms with Gasteiger partial charge in [0.25, 0.3) is 0 Å². The van der Waals surface area contributed by atoms with Crippen molar-refractivity contribution in [3.63, 3.8) is 0 Å². The summed E-state index contributed by atoms with van der Waals surface area (Å²) >= 11 is 0. The largest absolute Gasteiger partial charge is 0.294 e. The van der Waals surface area contributed by atoms with E-state index in [2.05, 4.69) is 27.4 Å². The van der Waals surface area contributed by atoms with E-state index < -0.39 is 9.76 Å². The molecule has 0 unspecified atom stereocenters. The van der Waals surface area contributed by atoms with E-state index in [-0.39, 0.29) is 0 Å². The van der Waals surface area contributed by atoms with Crippen molar-refractivity contribution in [1.82, 2.24) is 0 Å². The zero-order valence-electron chi connectivity index (χ0n) is 7.02. The summed E-state index contributed by atoms with van der Waals surface area (Å²) in [6, 6.07) is 0. The van der Waals surface area contributed by atoms with Crippen molar-refractivity contribution >= 4 is 9.76 Å². The average Bonchev–Trinajstić information content (AvgIpc) is 1.78. The van der Waals surface area contributed by atoms with Gasteiger partial charge in [0.15, 0.2) is 0 Å². The molecule has 0 aliphatic carbocycles. The molecule has 0 rings (SSSR count). The lowest BCUT2D eigenvalue weighted by atomic mass is 10.3. The summed E-state index contributed by atoms with van der Waals surface area (Å²) in [7, 11) is -0.541. The molecule has 0 aromatic heterocycles. The molecule has 0 radical (unpaired) electrons. The summed E-state index contributed by atoms with van der Waals surface area (Å²) < 4.78 is 5.01. The average molecular weight is 160 g/mol. The van der Waals surface area contributed by atoms with Crippen molar-refractivity contribution in [2.24, 2.45) is 0 Å². The molecule has 0 amide bonds. The normalized spacial score (nSPS) is 12.7. The van der Waals surface area contributed by atoms with Gasteiger partial charge in [0.1, 0.15) is 0 Å². The lowest BCUT2D eigenvalue weighted by molar-refractivity contribution is -0.199. The van der Waals surface area contributed by atoms with Crippen molar-refractivity contribution in [1.29, 1.82) is 0 Å². The molecule has 3 heteroatoms. The summed E-state index contributed by atoms with van der Waals surface area (Å²) in [5.41, 5.74) is 0. The fourth-order valence-corrected chi connectivity index (χ4v) is 0.848. The monoisotopic (exact) mass is 160 g/mol. The van der Waals surface area contributed by atoms with Crippen molar-refractivity contribution in [2.45, 2.75) is 25.8 Å². The van der Waals surface area contributed by atoms with Gasteiger partial charge < -0.3 is 0 Å². The molecule has 0 atom stereocenters. The van der Waals surface area contributed by atoms with Crippen LogP contribution < -0.4 is 0 Å². The molecule has 0 aromatic rings. The van der Waals surface area contributed by atoms with Crippen LogP contribution in [0, 0.1) is 0 Å². The molecule has 0 bridgehead atoms. The second kappa shape index (κ2) is 4.66. The second-order valence-electron chi connectivity index (χ2n) is 3.40. The van der Waals surface area contributed by atoms with E-state index in [9.17, 15) is 0 Å². The van der Waals surface area contributed by atoms with Gasteiger partial charge in [-0.2, -0.15) is 0 Å². The van der Waals surface area contributed by atoms with Crippen molar-refractivity contribution in [3.8, 4) is 0 Å². The Morgan fingerprint density at radius 3 is 2.50 bits per heavy atom. The summed E-state index contributed by atoms with van der Waals surface area (Å²) in [5, 5.41) is 0.307. The second-order valence-corrected chi connectivity index (χ2v) is 6.04. The number of rotatable bonds is 4. The summed E-state index contributed by atoms with van der Waals surface area (Å²) in [6.45, 7) is 10.4. The fourth-order valence-electron chi connectivity index (χ4n) is 0.315. The van der Waals surface area contributed by atoms with E-state index >= 15 is 0 Å². The minimum atomic E-state index is -0.541. The van der Waals surface area contributed by atoms with Crippen LogP contribution in [-0.4, -0.2) is 16.4 Å². The SMILES string of the molecule is C=CCOO[SiH2]C(C)(C)C. The van der Waals surface area contributed by atoms with Crippen LogP contribution >= 0.6 is 0 Å². The van der Waals surface area contributed by atoms with E-state index in [4.69, 9.17) is 9.46 Å². The van der Waals surface area contributed by atoms with E-state index in [1.807, 2.05) is 0 Å². The van der Waals surface area contributed by atoms with E-state index in [1.165, 1.54) is 0 Å². The van der Waals surface area contributed by atoms with Crippen LogP contribution in [0.4, 0.5) is 0 Å². The minimum Gasteiger partial charge on any atom is -0.294 e. The van der Waals surface area contributed by atoms with Gasteiger partial charge in [-0.25, -0.2) is 4.89 Å². The quantitative estimate of drug-likeness (QED) is 0.204. The summed E-state index contributed by atoms with van der Waals surface area (Å²) in [6.07, 6.45) is 1.68. The van der Waals surface area contributed by atoms with Crippen LogP contribution in [0.25, 0.3) is 0 Å². The third-order valence-electron chi connectivity index (χ3n) is 0.761. The molecule has 10 heavy (non-hydrogen) atoms. The predicted molar refractivity (Wildman–Crippen MR) is 45.5 cm³/mol. The first kappa shape index (κ1) is 9.88. The van der Waals surface area contributed by atoms with Gasteiger partial charge in [-0.1, -0.05) is 26.8 Å². The molecule has 60 valence electrons. The van der Waals surface area contributed by atoms with Crippen LogP contribution in [0.1, 0.15) is 20.8 Å². The van der Waals surface area contributed by atoms with Crippen LogP contribution in [0.3, 0.4) is 0 Å². The third-order valence-corrected chi connectivity index (χ3v) is 1.91.